The Morgan fingerprint density at radius 3 is 1.84 bits per heavy atom. The Hall–Kier alpha value is -1.31. The summed E-state index contributed by atoms with van der Waals surface area (Å²) >= 11 is 0. The van der Waals surface area contributed by atoms with Crippen LogP contribution in [0.15, 0.2) is 37.4 Å². The lowest BCUT2D eigenvalue weighted by Crippen LogP contribution is -2.20. The van der Waals surface area contributed by atoms with Gasteiger partial charge in [0.25, 0.3) is 0 Å². The van der Waals surface area contributed by atoms with Crippen LogP contribution in [0.1, 0.15) is 58.2 Å². The van der Waals surface area contributed by atoms with Gasteiger partial charge in [-0.05, 0) is 16.4 Å². The van der Waals surface area contributed by atoms with E-state index < -0.39 is 8.03 Å². The third-order valence-corrected chi connectivity index (χ3v) is 5.01. The lowest BCUT2D eigenvalue weighted by molar-refractivity contribution is 0.339. The summed E-state index contributed by atoms with van der Waals surface area (Å²) in [6, 6.07) is 4.21. The number of rotatable bonds is 8. The van der Waals surface area contributed by atoms with Crippen LogP contribution >= 0.6 is 8.03 Å². The Balaban J connectivity index is 3.44. The van der Waals surface area contributed by atoms with Crippen molar-refractivity contribution in [1.82, 2.24) is 0 Å². The van der Waals surface area contributed by atoms with Crippen LogP contribution in [0.4, 0.5) is 0 Å². The molecule has 25 heavy (non-hydrogen) atoms. The molecule has 0 N–H and O–H groups in total. The summed E-state index contributed by atoms with van der Waals surface area (Å²) in [5, 5.41) is 0. The molecule has 0 bridgehead atoms. The van der Waals surface area contributed by atoms with Gasteiger partial charge in [-0.1, -0.05) is 72.4 Å². The number of benzene rings is 1. The minimum absolute atomic E-state index is 0.0930. The summed E-state index contributed by atoms with van der Waals surface area (Å²) < 4.78 is 23.6. The first kappa shape index (κ1) is 21.7. The second kappa shape index (κ2) is 8.87. The fourth-order valence-corrected chi connectivity index (χ4v) is 3.52. The third kappa shape index (κ3) is 6.49. The highest BCUT2D eigenvalue weighted by molar-refractivity contribution is 7.38. The first-order valence-corrected chi connectivity index (χ1v) is 10.2. The molecule has 140 valence electrons. The Morgan fingerprint density at radius 2 is 1.44 bits per heavy atom. The summed E-state index contributed by atoms with van der Waals surface area (Å²) in [7, 11) is -2.13. The van der Waals surface area contributed by atoms with Gasteiger partial charge < -0.3 is 9.26 Å². The molecule has 0 aliphatic heterocycles. The number of ether oxygens (including phenoxy) is 1. The van der Waals surface area contributed by atoms with Crippen molar-refractivity contribution in [3.05, 3.63) is 54.1 Å². The van der Waals surface area contributed by atoms with E-state index >= 15 is 0 Å². The van der Waals surface area contributed by atoms with Crippen LogP contribution in [0, 0.1) is 0 Å². The summed E-state index contributed by atoms with van der Waals surface area (Å²) in [6.07, 6.45) is 3.80. The maximum absolute atomic E-state index is 12.2. The van der Waals surface area contributed by atoms with Gasteiger partial charge in [-0.15, -0.1) is 6.58 Å². The zero-order valence-corrected chi connectivity index (χ0v) is 17.6. The predicted octanol–water partition coefficient (Wildman–Crippen LogP) is 6.02. The van der Waals surface area contributed by atoms with E-state index in [0.717, 1.165) is 22.4 Å². The highest BCUT2D eigenvalue weighted by Gasteiger charge is 2.28. The lowest BCUT2D eigenvalue weighted by Gasteiger charge is -2.30. The standard InChI is InChI=1S/C21H33O3P/c1-9-11-23-19-17(20(3,4)5)13-16(14-18(19)21(6,7)8)15-25(22)24-12-10-2/h9-10,13-14,25H,1-2,11-12,15H2,3-8H3. The van der Waals surface area contributed by atoms with Crippen molar-refractivity contribution in [2.75, 3.05) is 13.2 Å². The molecule has 0 saturated carbocycles. The molecule has 0 fully saturated rings. The van der Waals surface area contributed by atoms with E-state index in [1.165, 1.54) is 0 Å². The predicted molar refractivity (Wildman–Crippen MR) is 108 cm³/mol. The van der Waals surface area contributed by atoms with Gasteiger partial charge in [0.05, 0.1) is 6.61 Å². The molecule has 1 aromatic carbocycles. The van der Waals surface area contributed by atoms with E-state index in [0.29, 0.717) is 19.4 Å². The molecule has 4 heteroatoms. The van der Waals surface area contributed by atoms with E-state index in [4.69, 9.17) is 9.26 Å². The zero-order valence-electron chi connectivity index (χ0n) is 16.6. The quantitative estimate of drug-likeness (QED) is 0.418. The van der Waals surface area contributed by atoms with Gasteiger partial charge in [-0.2, -0.15) is 0 Å². The second-order valence-corrected chi connectivity index (χ2v) is 9.65. The molecule has 3 nitrogen and oxygen atoms in total. The normalized spacial score (nSPS) is 13.4. The van der Waals surface area contributed by atoms with E-state index in [-0.39, 0.29) is 10.8 Å². The topological polar surface area (TPSA) is 35.5 Å². The first-order chi connectivity index (χ1) is 11.5. The van der Waals surface area contributed by atoms with E-state index in [2.05, 4.69) is 66.8 Å². The van der Waals surface area contributed by atoms with Gasteiger partial charge in [0.2, 0.25) is 0 Å². The van der Waals surface area contributed by atoms with Crippen LogP contribution in [-0.2, 0) is 26.1 Å². The van der Waals surface area contributed by atoms with Gasteiger partial charge in [0.15, 0.2) is 8.03 Å². The van der Waals surface area contributed by atoms with E-state index in [1.807, 2.05) is 0 Å². The lowest BCUT2D eigenvalue weighted by atomic mass is 9.78. The Labute approximate surface area is 154 Å². The van der Waals surface area contributed by atoms with Gasteiger partial charge in [0.1, 0.15) is 12.4 Å². The number of hydrogen-bond donors (Lipinski definition) is 0. The van der Waals surface area contributed by atoms with Crippen molar-refractivity contribution >= 4 is 8.03 Å². The van der Waals surface area contributed by atoms with Gasteiger partial charge in [-0.25, -0.2) is 0 Å². The molecule has 1 rings (SSSR count). The fraction of sp³-hybridized carbons (Fsp3) is 0.524. The monoisotopic (exact) mass is 364 g/mol. The molecule has 0 aliphatic rings. The van der Waals surface area contributed by atoms with Crippen molar-refractivity contribution in [1.29, 1.82) is 0 Å². The smallest absolute Gasteiger partial charge is 0.196 e. The van der Waals surface area contributed by atoms with E-state index in [1.54, 1.807) is 12.2 Å². The van der Waals surface area contributed by atoms with Crippen molar-refractivity contribution < 1.29 is 13.8 Å². The average Bonchev–Trinajstić information content (AvgIpc) is 2.49. The summed E-state index contributed by atoms with van der Waals surface area (Å²) in [5.41, 5.74) is 3.08. The van der Waals surface area contributed by atoms with Gasteiger partial charge in [0, 0.05) is 17.3 Å². The maximum Gasteiger partial charge on any atom is 0.196 e. The Morgan fingerprint density at radius 1 is 0.960 bits per heavy atom. The van der Waals surface area contributed by atoms with Crippen molar-refractivity contribution in [2.45, 2.75) is 58.5 Å². The van der Waals surface area contributed by atoms with Gasteiger partial charge in [-0.3, -0.25) is 4.57 Å². The highest BCUT2D eigenvalue weighted by atomic mass is 31.1. The largest absolute Gasteiger partial charge is 0.489 e. The molecule has 0 aliphatic carbocycles. The van der Waals surface area contributed by atoms with Gasteiger partial charge >= 0.3 is 0 Å². The number of hydrogen-bond acceptors (Lipinski definition) is 3. The Kier molecular flexibility index (Phi) is 7.71. The SMILES string of the molecule is C=CCOc1c(C(C)(C)C)cc(C[PH](=O)OCC=C)cc1C(C)(C)C. The molecule has 0 saturated heterocycles. The zero-order chi connectivity index (χ0) is 19.3. The minimum Gasteiger partial charge on any atom is -0.489 e. The van der Waals surface area contributed by atoms with Crippen molar-refractivity contribution in [3.8, 4) is 5.75 Å². The Bertz CT molecular complexity index is 599. The second-order valence-electron chi connectivity index (χ2n) is 8.27. The molecule has 0 aromatic heterocycles. The first-order valence-electron chi connectivity index (χ1n) is 8.68. The molecule has 0 radical (unpaired) electrons. The van der Waals surface area contributed by atoms with Crippen molar-refractivity contribution in [2.24, 2.45) is 0 Å². The van der Waals surface area contributed by atoms with E-state index in [9.17, 15) is 4.57 Å². The summed E-state index contributed by atoms with van der Waals surface area (Å²) in [4.78, 5) is 0. The summed E-state index contributed by atoms with van der Waals surface area (Å²) in [5.74, 6) is 0.912. The molecule has 1 atom stereocenters. The van der Waals surface area contributed by atoms with Crippen LogP contribution in [0.5, 0.6) is 5.75 Å². The fourth-order valence-electron chi connectivity index (χ4n) is 2.57. The molecule has 0 heterocycles. The average molecular weight is 364 g/mol. The molecule has 0 amide bonds. The third-order valence-electron chi connectivity index (χ3n) is 3.82. The molecular formula is C21H33O3P. The molecule has 0 spiro atoms. The molecule has 1 unspecified atom stereocenters. The summed E-state index contributed by atoms with van der Waals surface area (Å²) in [6.45, 7) is 21.1. The maximum atomic E-state index is 12.2. The van der Waals surface area contributed by atoms with Crippen LogP contribution in [0.3, 0.4) is 0 Å². The van der Waals surface area contributed by atoms with Crippen LogP contribution < -0.4 is 4.74 Å². The van der Waals surface area contributed by atoms with Crippen LogP contribution in [-0.4, -0.2) is 13.2 Å². The van der Waals surface area contributed by atoms with Crippen LogP contribution in [0.25, 0.3) is 0 Å². The van der Waals surface area contributed by atoms with Crippen molar-refractivity contribution in [3.63, 3.8) is 0 Å². The minimum atomic E-state index is -2.13. The van der Waals surface area contributed by atoms with Crippen LogP contribution in [0.2, 0.25) is 0 Å². The molecule has 1 aromatic rings. The molecular weight excluding hydrogens is 331 g/mol. The highest BCUT2D eigenvalue weighted by Crippen LogP contribution is 2.42.